The summed E-state index contributed by atoms with van der Waals surface area (Å²) in [6.07, 6.45) is 8.73. The number of nitrogens with one attached hydrogen (secondary N) is 1. The van der Waals surface area contributed by atoms with Crippen LogP contribution in [0.25, 0.3) is 0 Å². The summed E-state index contributed by atoms with van der Waals surface area (Å²) >= 11 is 0. The first-order valence-electron chi connectivity index (χ1n) is 7.20. The standard InChI is InChI=1S/C14H25NO/c1-2-12(10-16-5-1)8-15-9-14-7-11-3-4-13(14)6-11/h11-15H,1-10H2. The fraction of sp³-hybridized carbons (Fsp3) is 1.00. The van der Waals surface area contributed by atoms with Gasteiger partial charge in [0.15, 0.2) is 0 Å². The van der Waals surface area contributed by atoms with E-state index in [-0.39, 0.29) is 0 Å². The highest BCUT2D eigenvalue weighted by atomic mass is 16.5. The fourth-order valence-electron chi connectivity index (χ4n) is 4.07. The van der Waals surface area contributed by atoms with E-state index >= 15 is 0 Å². The van der Waals surface area contributed by atoms with Gasteiger partial charge in [0.05, 0.1) is 6.61 Å². The predicted molar refractivity (Wildman–Crippen MR) is 65.4 cm³/mol. The van der Waals surface area contributed by atoms with Gasteiger partial charge in [-0.05, 0) is 62.3 Å². The monoisotopic (exact) mass is 223 g/mol. The minimum absolute atomic E-state index is 0.785. The Hall–Kier alpha value is -0.0800. The maximum Gasteiger partial charge on any atom is 0.0506 e. The van der Waals surface area contributed by atoms with Gasteiger partial charge in [0.2, 0.25) is 0 Å². The molecule has 0 radical (unpaired) electrons. The van der Waals surface area contributed by atoms with Crippen molar-refractivity contribution in [1.82, 2.24) is 5.32 Å². The fourth-order valence-corrected chi connectivity index (χ4v) is 4.07. The van der Waals surface area contributed by atoms with Gasteiger partial charge in [-0.3, -0.25) is 0 Å². The van der Waals surface area contributed by atoms with Gasteiger partial charge in [-0.1, -0.05) is 6.42 Å². The average Bonchev–Trinajstić information content (AvgIpc) is 2.92. The van der Waals surface area contributed by atoms with Gasteiger partial charge in [-0.15, -0.1) is 0 Å². The van der Waals surface area contributed by atoms with Gasteiger partial charge >= 0.3 is 0 Å². The zero-order valence-electron chi connectivity index (χ0n) is 10.3. The molecule has 4 unspecified atom stereocenters. The first-order chi connectivity index (χ1) is 7.92. The van der Waals surface area contributed by atoms with Crippen LogP contribution in [0.1, 0.15) is 38.5 Å². The molecule has 0 aromatic rings. The summed E-state index contributed by atoms with van der Waals surface area (Å²) in [7, 11) is 0. The van der Waals surface area contributed by atoms with E-state index in [2.05, 4.69) is 5.32 Å². The summed E-state index contributed by atoms with van der Waals surface area (Å²) in [6.45, 7) is 4.44. The molecule has 1 aliphatic heterocycles. The van der Waals surface area contributed by atoms with Crippen LogP contribution < -0.4 is 5.32 Å². The number of ether oxygens (including phenoxy) is 1. The van der Waals surface area contributed by atoms with E-state index in [0.29, 0.717) is 0 Å². The van der Waals surface area contributed by atoms with Crippen molar-refractivity contribution in [2.24, 2.45) is 23.7 Å². The second kappa shape index (κ2) is 5.05. The van der Waals surface area contributed by atoms with Gasteiger partial charge in [0.1, 0.15) is 0 Å². The highest BCUT2D eigenvalue weighted by molar-refractivity contribution is 4.90. The smallest absolute Gasteiger partial charge is 0.0506 e. The van der Waals surface area contributed by atoms with Crippen LogP contribution in [0.15, 0.2) is 0 Å². The molecule has 2 bridgehead atoms. The molecule has 0 aromatic carbocycles. The Morgan fingerprint density at radius 2 is 2.06 bits per heavy atom. The molecule has 1 saturated heterocycles. The van der Waals surface area contributed by atoms with Crippen molar-refractivity contribution in [3.63, 3.8) is 0 Å². The van der Waals surface area contributed by atoms with Gasteiger partial charge < -0.3 is 10.1 Å². The Labute approximate surface area is 99.1 Å². The van der Waals surface area contributed by atoms with Crippen molar-refractivity contribution >= 4 is 0 Å². The van der Waals surface area contributed by atoms with Crippen molar-refractivity contribution in [3.05, 3.63) is 0 Å². The van der Waals surface area contributed by atoms with E-state index in [1.165, 1.54) is 45.2 Å². The first-order valence-corrected chi connectivity index (χ1v) is 7.20. The quantitative estimate of drug-likeness (QED) is 0.790. The second-order valence-electron chi connectivity index (χ2n) is 6.18. The molecule has 0 amide bonds. The van der Waals surface area contributed by atoms with Crippen LogP contribution in [0.3, 0.4) is 0 Å². The Morgan fingerprint density at radius 3 is 2.75 bits per heavy atom. The Balaban J connectivity index is 1.34. The van der Waals surface area contributed by atoms with Gasteiger partial charge in [0, 0.05) is 13.2 Å². The normalized spacial score (nSPS) is 42.8. The molecular formula is C14H25NO. The maximum atomic E-state index is 5.51. The molecule has 92 valence electrons. The number of fused-ring (bicyclic) bond motifs is 2. The Kier molecular flexibility index (Phi) is 3.49. The maximum absolute atomic E-state index is 5.51. The second-order valence-corrected chi connectivity index (χ2v) is 6.18. The molecule has 2 nitrogen and oxygen atoms in total. The van der Waals surface area contributed by atoms with Crippen molar-refractivity contribution in [2.75, 3.05) is 26.3 Å². The molecule has 16 heavy (non-hydrogen) atoms. The molecule has 0 aromatic heterocycles. The lowest BCUT2D eigenvalue weighted by molar-refractivity contribution is 0.0542. The first kappa shape index (κ1) is 11.0. The number of rotatable bonds is 4. The van der Waals surface area contributed by atoms with Crippen LogP contribution in [0.5, 0.6) is 0 Å². The van der Waals surface area contributed by atoms with Crippen LogP contribution in [0, 0.1) is 23.7 Å². The lowest BCUT2D eigenvalue weighted by Gasteiger charge is -2.25. The molecule has 3 rings (SSSR count). The Bertz CT molecular complexity index is 225. The Morgan fingerprint density at radius 1 is 1.06 bits per heavy atom. The average molecular weight is 223 g/mol. The van der Waals surface area contributed by atoms with Crippen molar-refractivity contribution in [1.29, 1.82) is 0 Å². The van der Waals surface area contributed by atoms with E-state index < -0.39 is 0 Å². The third kappa shape index (κ3) is 2.43. The van der Waals surface area contributed by atoms with Crippen LogP contribution in [-0.4, -0.2) is 26.3 Å². The number of hydrogen-bond donors (Lipinski definition) is 1. The van der Waals surface area contributed by atoms with E-state index in [1.807, 2.05) is 0 Å². The zero-order valence-corrected chi connectivity index (χ0v) is 10.3. The lowest BCUT2D eigenvalue weighted by Crippen LogP contribution is -2.33. The summed E-state index contributed by atoms with van der Waals surface area (Å²) < 4.78 is 5.51. The van der Waals surface area contributed by atoms with Gasteiger partial charge in [0.25, 0.3) is 0 Å². The summed E-state index contributed by atoms with van der Waals surface area (Å²) in [6, 6.07) is 0. The molecule has 4 atom stereocenters. The van der Waals surface area contributed by atoms with Gasteiger partial charge in [-0.2, -0.15) is 0 Å². The van der Waals surface area contributed by atoms with Crippen molar-refractivity contribution < 1.29 is 4.74 Å². The highest BCUT2D eigenvalue weighted by Gasteiger charge is 2.38. The SMILES string of the molecule is C1COCC(CNCC2CC3CCC2C3)C1. The molecule has 2 saturated carbocycles. The van der Waals surface area contributed by atoms with E-state index in [0.717, 1.165) is 36.9 Å². The molecule has 1 heterocycles. The van der Waals surface area contributed by atoms with Crippen LogP contribution in [0.2, 0.25) is 0 Å². The zero-order chi connectivity index (χ0) is 10.8. The summed E-state index contributed by atoms with van der Waals surface area (Å²) in [4.78, 5) is 0. The van der Waals surface area contributed by atoms with Crippen molar-refractivity contribution in [3.8, 4) is 0 Å². The van der Waals surface area contributed by atoms with Crippen LogP contribution in [0.4, 0.5) is 0 Å². The molecule has 3 aliphatic rings. The molecule has 2 heteroatoms. The lowest BCUT2D eigenvalue weighted by atomic mass is 9.88. The van der Waals surface area contributed by atoms with Gasteiger partial charge in [-0.25, -0.2) is 0 Å². The molecule has 3 fully saturated rings. The van der Waals surface area contributed by atoms with Crippen LogP contribution >= 0.6 is 0 Å². The van der Waals surface area contributed by atoms with E-state index in [9.17, 15) is 0 Å². The third-order valence-electron chi connectivity index (χ3n) is 4.98. The molecule has 1 N–H and O–H groups in total. The van der Waals surface area contributed by atoms with Crippen LogP contribution in [-0.2, 0) is 4.74 Å². The summed E-state index contributed by atoms with van der Waals surface area (Å²) in [5.74, 6) is 3.95. The van der Waals surface area contributed by atoms with Crippen molar-refractivity contribution in [2.45, 2.75) is 38.5 Å². The molecule has 2 aliphatic carbocycles. The minimum Gasteiger partial charge on any atom is -0.381 e. The number of hydrogen-bond acceptors (Lipinski definition) is 2. The van der Waals surface area contributed by atoms with E-state index in [1.54, 1.807) is 6.42 Å². The largest absolute Gasteiger partial charge is 0.381 e. The molecular weight excluding hydrogens is 198 g/mol. The highest BCUT2D eigenvalue weighted by Crippen LogP contribution is 2.47. The minimum atomic E-state index is 0.785. The third-order valence-corrected chi connectivity index (χ3v) is 4.98. The topological polar surface area (TPSA) is 21.3 Å². The predicted octanol–water partition coefficient (Wildman–Crippen LogP) is 2.44. The molecule has 0 spiro atoms. The summed E-state index contributed by atoms with van der Waals surface area (Å²) in [5.41, 5.74) is 0. The summed E-state index contributed by atoms with van der Waals surface area (Å²) in [5, 5.41) is 3.70. The van der Waals surface area contributed by atoms with E-state index in [4.69, 9.17) is 4.74 Å².